The number of amides is 1. The molecule has 0 atom stereocenters. The molecule has 0 aliphatic carbocycles. The number of hydrogen-bond donors (Lipinski definition) is 1. The highest BCUT2D eigenvalue weighted by Crippen LogP contribution is 2.18. The minimum atomic E-state index is -4.43. The monoisotopic (exact) mass is 304 g/mol. The van der Waals surface area contributed by atoms with Crippen molar-refractivity contribution in [1.82, 2.24) is 14.9 Å². The first-order chi connectivity index (χ1) is 9.87. The first-order valence-electron chi connectivity index (χ1n) is 6.79. The highest BCUT2D eigenvalue weighted by molar-refractivity contribution is 5.92. The number of rotatable bonds is 7. The number of aromatic nitrogens is 2. The molecule has 0 aliphatic rings. The lowest BCUT2D eigenvalue weighted by Crippen LogP contribution is -2.39. The smallest absolute Gasteiger partial charge is 0.369 e. The maximum Gasteiger partial charge on any atom is 0.406 e. The van der Waals surface area contributed by atoms with Gasteiger partial charge in [-0.25, -0.2) is 9.97 Å². The second kappa shape index (κ2) is 7.80. The maximum atomic E-state index is 12.5. The van der Waals surface area contributed by atoms with Gasteiger partial charge in [-0.15, -0.1) is 0 Å². The molecule has 1 amide bonds. The molecule has 0 spiro atoms. The van der Waals surface area contributed by atoms with E-state index in [0.29, 0.717) is 18.8 Å². The molecule has 0 aliphatic heterocycles. The lowest BCUT2D eigenvalue weighted by molar-refractivity contribution is -0.140. The molecule has 8 heteroatoms. The molecule has 5 nitrogen and oxygen atoms in total. The van der Waals surface area contributed by atoms with Crippen LogP contribution in [-0.4, -0.2) is 46.6 Å². The summed E-state index contributed by atoms with van der Waals surface area (Å²) in [4.78, 5) is 20.6. The van der Waals surface area contributed by atoms with Crippen LogP contribution in [0, 0.1) is 0 Å². The van der Waals surface area contributed by atoms with E-state index < -0.39 is 18.6 Å². The molecular weight excluding hydrogens is 285 g/mol. The second-order valence-corrected chi connectivity index (χ2v) is 4.56. The summed E-state index contributed by atoms with van der Waals surface area (Å²) in [6, 6.07) is 0. The van der Waals surface area contributed by atoms with Gasteiger partial charge in [0.15, 0.2) is 0 Å². The Morgan fingerprint density at radius 1 is 1.24 bits per heavy atom. The number of hydrogen-bond acceptors (Lipinski definition) is 4. The van der Waals surface area contributed by atoms with Crippen molar-refractivity contribution in [3.05, 3.63) is 18.1 Å². The molecule has 0 bridgehead atoms. The molecule has 118 valence electrons. The Balaban J connectivity index is 2.78. The fourth-order valence-electron chi connectivity index (χ4n) is 1.68. The van der Waals surface area contributed by atoms with Crippen LogP contribution in [-0.2, 0) is 0 Å². The van der Waals surface area contributed by atoms with E-state index in [0.717, 1.165) is 11.3 Å². The molecule has 1 aromatic rings. The molecule has 0 saturated heterocycles. The van der Waals surface area contributed by atoms with E-state index >= 15 is 0 Å². The van der Waals surface area contributed by atoms with Gasteiger partial charge in [0.2, 0.25) is 0 Å². The SMILES string of the molecule is CCCNc1cnc(C(=O)N(CCC)CC(F)(F)F)cn1. The lowest BCUT2D eigenvalue weighted by Gasteiger charge is -2.22. The average molecular weight is 304 g/mol. The van der Waals surface area contributed by atoms with Crippen LogP contribution in [0.1, 0.15) is 37.2 Å². The van der Waals surface area contributed by atoms with Gasteiger partial charge in [-0.3, -0.25) is 4.79 Å². The van der Waals surface area contributed by atoms with Crippen molar-refractivity contribution in [3.63, 3.8) is 0 Å². The van der Waals surface area contributed by atoms with Gasteiger partial charge in [-0.05, 0) is 12.8 Å². The van der Waals surface area contributed by atoms with Gasteiger partial charge in [-0.1, -0.05) is 13.8 Å². The van der Waals surface area contributed by atoms with Gasteiger partial charge in [0.05, 0.1) is 12.4 Å². The van der Waals surface area contributed by atoms with Crippen molar-refractivity contribution in [3.8, 4) is 0 Å². The van der Waals surface area contributed by atoms with Crippen LogP contribution in [0.3, 0.4) is 0 Å². The van der Waals surface area contributed by atoms with Crippen LogP contribution >= 0.6 is 0 Å². The summed E-state index contributed by atoms with van der Waals surface area (Å²) in [5.41, 5.74) is -0.0882. The van der Waals surface area contributed by atoms with Gasteiger partial charge in [-0.2, -0.15) is 13.2 Å². The molecule has 21 heavy (non-hydrogen) atoms. The van der Waals surface area contributed by atoms with Crippen molar-refractivity contribution >= 4 is 11.7 Å². The van der Waals surface area contributed by atoms with E-state index in [1.54, 1.807) is 6.92 Å². The Bertz CT molecular complexity index is 448. The zero-order valence-electron chi connectivity index (χ0n) is 12.1. The third-order valence-corrected chi connectivity index (χ3v) is 2.58. The zero-order chi connectivity index (χ0) is 15.9. The van der Waals surface area contributed by atoms with E-state index in [1.807, 2.05) is 6.92 Å². The number of nitrogens with one attached hydrogen (secondary N) is 1. The summed E-state index contributed by atoms with van der Waals surface area (Å²) in [6.45, 7) is 3.14. The molecule has 1 aromatic heterocycles. The molecule has 0 fully saturated rings. The van der Waals surface area contributed by atoms with E-state index in [2.05, 4.69) is 15.3 Å². The standard InChI is InChI=1S/C13H19F3N4O/c1-3-5-17-11-8-18-10(7-19-11)12(21)20(6-4-2)9-13(14,15)16/h7-8H,3-6,9H2,1-2H3,(H,17,19). The Hall–Kier alpha value is -1.86. The van der Waals surface area contributed by atoms with Crippen molar-refractivity contribution < 1.29 is 18.0 Å². The van der Waals surface area contributed by atoms with Crippen molar-refractivity contribution in [1.29, 1.82) is 0 Å². The molecule has 0 saturated carbocycles. The van der Waals surface area contributed by atoms with Gasteiger partial charge in [0.25, 0.3) is 5.91 Å². The average Bonchev–Trinajstić information content (AvgIpc) is 2.43. The third-order valence-electron chi connectivity index (χ3n) is 2.58. The van der Waals surface area contributed by atoms with Crippen LogP contribution < -0.4 is 5.32 Å². The second-order valence-electron chi connectivity index (χ2n) is 4.56. The summed E-state index contributed by atoms with van der Waals surface area (Å²) >= 11 is 0. The molecule has 0 aromatic carbocycles. The Morgan fingerprint density at radius 3 is 2.43 bits per heavy atom. The minimum Gasteiger partial charge on any atom is -0.369 e. The van der Waals surface area contributed by atoms with Crippen LogP contribution in [0.2, 0.25) is 0 Å². The predicted molar refractivity (Wildman–Crippen MR) is 73.1 cm³/mol. The number of halogens is 3. The van der Waals surface area contributed by atoms with E-state index in [1.165, 1.54) is 12.4 Å². The third kappa shape index (κ3) is 5.97. The van der Waals surface area contributed by atoms with Crippen LogP contribution in [0.15, 0.2) is 12.4 Å². The number of alkyl halides is 3. The quantitative estimate of drug-likeness (QED) is 0.841. The fourth-order valence-corrected chi connectivity index (χ4v) is 1.68. The molecule has 1 rings (SSSR count). The fraction of sp³-hybridized carbons (Fsp3) is 0.615. The van der Waals surface area contributed by atoms with E-state index in [-0.39, 0.29) is 12.2 Å². The highest BCUT2D eigenvalue weighted by Gasteiger charge is 2.33. The first-order valence-corrected chi connectivity index (χ1v) is 6.79. The topological polar surface area (TPSA) is 58.1 Å². The minimum absolute atomic E-state index is 0.0237. The van der Waals surface area contributed by atoms with Crippen LogP contribution in [0.5, 0.6) is 0 Å². The van der Waals surface area contributed by atoms with Crippen molar-refractivity contribution in [2.45, 2.75) is 32.9 Å². The van der Waals surface area contributed by atoms with E-state index in [4.69, 9.17) is 0 Å². The summed E-state index contributed by atoms with van der Waals surface area (Å²) in [6.07, 6.45) is -0.551. The predicted octanol–water partition coefficient (Wildman–Crippen LogP) is 2.71. The Morgan fingerprint density at radius 2 is 1.95 bits per heavy atom. The van der Waals surface area contributed by atoms with Crippen molar-refractivity contribution in [2.75, 3.05) is 25.0 Å². The summed E-state index contributed by atoms with van der Waals surface area (Å²) in [5.74, 6) is -0.269. The summed E-state index contributed by atoms with van der Waals surface area (Å²) in [7, 11) is 0. The lowest BCUT2D eigenvalue weighted by atomic mass is 10.3. The maximum absolute atomic E-state index is 12.5. The van der Waals surface area contributed by atoms with Crippen LogP contribution in [0.25, 0.3) is 0 Å². The van der Waals surface area contributed by atoms with E-state index in [9.17, 15) is 18.0 Å². The number of carbonyl (C=O) groups excluding carboxylic acids is 1. The molecular formula is C13H19F3N4O. The highest BCUT2D eigenvalue weighted by atomic mass is 19.4. The largest absolute Gasteiger partial charge is 0.406 e. The number of nitrogens with zero attached hydrogens (tertiary/aromatic N) is 3. The number of carbonyl (C=O) groups is 1. The summed E-state index contributed by atoms with van der Waals surface area (Å²) in [5, 5.41) is 2.97. The van der Waals surface area contributed by atoms with Crippen LogP contribution in [0.4, 0.5) is 19.0 Å². The first kappa shape index (κ1) is 17.2. The summed E-state index contributed by atoms with van der Waals surface area (Å²) < 4.78 is 37.4. The van der Waals surface area contributed by atoms with Gasteiger partial charge >= 0.3 is 6.18 Å². The molecule has 0 unspecified atom stereocenters. The Kier molecular flexibility index (Phi) is 6.39. The zero-order valence-corrected chi connectivity index (χ0v) is 12.1. The molecule has 1 heterocycles. The normalized spacial score (nSPS) is 11.3. The van der Waals surface area contributed by atoms with Gasteiger partial charge in [0.1, 0.15) is 18.1 Å². The Labute approximate surface area is 121 Å². The number of anilines is 1. The molecule has 1 N–H and O–H groups in total. The van der Waals surface area contributed by atoms with Crippen molar-refractivity contribution in [2.24, 2.45) is 0 Å². The van der Waals surface area contributed by atoms with Gasteiger partial charge < -0.3 is 10.2 Å². The molecule has 0 radical (unpaired) electrons. The van der Waals surface area contributed by atoms with Gasteiger partial charge in [0, 0.05) is 13.1 Å².